The van der Waals surface area contributed by atoms with E-state index in [9.17, 15) is 13.2 Å². The van der Waals surface area contributed by atoms with Gasteiger partial charge in [-0.25, -0.2) is 0 Å². The minimum absolute atomic E-state index is 0.235. The second-order valence-electron chi connectivity index (χ2n) is 3.94. The van der Waals surface area contributed by atoms with E-state index in [0.29, 0.717) is 16.9 Å². The van der Waals surface area contributed by atoms with Crippen molar-refractivity contribution >= 4 is 0 Å². The topological polar surface area (TPSA) is 21.3 Å². The quantitative estimate of drug-likeness (QED) is 0.886. The van der Waals surface area contributed by atoms with Crippen molar-refractivity contribution in [3.05, 3.63) is 28.8 Å². The Kier molecular flexibility index (Phi) is 4.03. The molecule has 0 heterocycles. The van der Waals surface area contributed by atoms with E-state index in [2.05, 4.69) is 5.32 Å². The fourth-order valence-corrected chi connectivity index (χ4v) is 1.84. The highest BCUT2D eigenvalue weighted by atomic mass is 19.4. The maximum absolute atomic E-state index is 12.8. The molecular formula is C12H16F3NO. The minimum Gasteiger partial charge on any atom is -0.496 e. The van der Waals surface area contributed by atoms with Crippen molar-refractivity contribution < 1.29 is 17.9 Å². The molecule has 17 heavy (non-hydrogen) atoms. The number of hydrogen-bond acceptors (Lipinski definition) is 2. The predicted molar refractivity (Wildman–Crippen MR) is 60.3 cm³/mol. The molecule has 0 aliphatic heterocycles. The molecule has 0 bridgehead atoms. The molecule has 1 aromatic rings. The van der Waals surface area contributed by atoms with Crippen LogP contribution in [-0.4, -0.2) is 20.3 Å². The highest BCUT2D eigenvalue weighted by molar-refractivity contribution is 5.43. The van der Waals surface area contributed by atoms with Crippen molar-refractivity contribution in [1.82, 2.24) is 5.32 Å². The molecule has 1 unspecified atom stereocenters. The molecule has 0 saturated carbocycles. The van der Waals surface area contributed by atoms with Crippen LogP contribution in [0.4, 0.5) is 13.2 Å². The maximum Gasteiger partial charge on any atom is 0.407 e. The SMILES string of the molecule is CNC(c1cc(C)c(OC)cc1C)C(F)(F)F. The lowest BCUT2D eigenvalue weighted by molar-refractivity contribution is -0.156. The molecule has 2 nitrogen and oxygen atoms in total. The Morgan fingerprint density at radius 2 is 1.76 bits per heavy atom. The third-order valence-corrected chi connectivity index (χ3v) is 2.71. The van der Waals surface area contributed by atoms with E-state index in [1.165, 1.54) is 20.2 Å². The van der Waals surface area contributed by atoms with Crippen LogP contribution in [0, 0.1) is 13.8 Å². The molecule has 96 valence electrons. The molecule has 0 aliphatic carbocycles. The third-order valence-electron chi connectivity index (χ3n) is 2.71. The van der Waals surface area contributed by atoms with E-state index in [-0.39, 0.29) is 5.56 Å². The zero-order valence-electron chi connectivity index (χ0n) is 10.3. The third kappa shape index (κ3) is 2.91. The highest BCUT2D eigenvalue weighted by Gasteiger charge is 2.40. The molecule has 0 saturated heterocycles. The smallest absolute Gasteiger partial charge is 0.407 e. The lowest BCUT2D eigenvalue weighted by Crippen LogP contribution is -2.32. The van der Waals surface area contributed by atoms with Crippen LogP contribution in [-0.2, 0) is 0 Å². The molecule has 0 fully saturated rings. The number of alkyl halides is 3. The van der Waals surface area contributed by atoms with Gasteiger partial charge in [0.2, 0.25) is 0 Å². The van der Waals surface area contributed by atoms with E-state index in [1.807, 2.05) is 0 Å². The highest BCUT2D eigenvalue weighted by Crippen LogP contribution is 2.36. The zero-order chi connectivity index (χ0) is 13.2. The molecule has 1 aromatic carbocycles. The average molecular weight is 247 g/mol. The van der Waals surface area contributed by atoms with E-state index < -0.39 is 12.2 Å². The number of halogens is 3. The second kappa shape index (κ2) is 4.96. The summed E-state index contributed by atoms with van der Waals surface area (Å²) in [6.07, 6.45) is -4.31. The summed E-state index contributed by atoms with van der Waals surface area (Å²) in [6.45, 7) is 3.37. The first-order chi connectivity index (χ1) is 7.81. The van der Waals surface area contributed by atoms with Crippen molar-refractivity contribution in [2.75, 3.05) is 14.2 Å². The first-order valence-electron chi connectivity index (χ1n) is 5.20. The fraction of sp³-hybridized carbons (Fsp3) is 0.500. The normalized spacial score (nSPS) is 13.6. The summed E-state index contributed by atoms with van der Waals surface area (Å²) in [5.41, 5.74) is 1.49. The van der Waals surface area contributed by atoms with E-state index in [4.69, 9.17) is 4.74 Å². The number of ether oxygens (including phenoxy) is 1. The van der Waals surface area contributed by atoms with Gasteiger partial charge in [-0.2, -0.15) is 13.2 Å². The molecule has 0 radical (unpaired) electrons. The summed E-state index contributed by atoms with van der Waals surface area (Å²) in [6, 6.07) is 1.50. The van der Waals surface area contributed by atoms with Gasteiger partial charge in [0.1, 0.15) is 11.8 Å². The van der Waals surface area contributed by atoms with Crippen molar-refractivity contribution in [3.8, 4) is 5.75 Å². The molecular weight excluding hydrogens is 231 g/mol. The van der Waals surface area contributed by atoms with Crippen molar-refractivity contribution in [2.45, 2.75) is 26.1 Å². The first-order valence-corrected chi connectivity index (χ1v) is 5.20. The standard InChI is InChI=1S/C12H16F3NO/c1-7-6-10(17-4)8(2)5-9(7)11(16-3)12(13,14)15/h5-6,11,16H,1-4H3. The van der Waals surface area contributed by atoms with Crippen LogP contribution in [0.3, 0.4) is 0 Å². The lowest BCUT2D eigenvalue weighted by Gasteiger charge is -2.23. The van der Waals surface area contributed by atoms with Gasteiger partial charge >= 0.3 is 6.18 Å². The lowest BCUT2D eigenvalue weighted by atomic mass is 9.98. The molecule has 0 spiro atoms. The van der Waals surface area contributed by atoms with Gasteiger partial charge < -0.3 is 10.1 Å². The van der Waals surface area contributed by atoms with Crippen LogP contribution in [0.2, 0.25) is 0 Å². The van der Waals surface area contributed by atoms with Gasteiger partial charge in [0.25, 0.3) is 0 Å². The van der Waals surface area contributed by atoms with Gasteiger partial charge in [0, 0.05) is 0 Å². The van der Waals surface area contributed by atoms with Gasteiger partial charge in [-0.3, -0.25) is 0 Å². The van der Waals surface area contributed by atoms with Crippen molar-refractivity contribution in [2.24, 2.45) is 0 Å². The van der Waals surface area contributed by atoms with Gasteiger partial charge in [0.05, 0.1) is 7.11 Å². The van der Waals surface area contributed by atoms with Crippen LogP contribution < -0.4 is 10.1 Å². The molecule has 0 aliphatic rings. The largest absolute Gasteiger partial charge is 0.496 e. The average Bonchev–Trinajstić information content (AvgIpc) is 2.21. The fourth-order valence-electron chi connectivity index (χ4n) is 1.84. The second-order valence-corrected chi connectivity index (χ2v) is 3.94. The van der Waals surface area contributed by atoms with Gasteiger partial charge in [-0.05, 0) is 43.7 Å². The molecule has 1 rings (SSSR count). The molecule has 0 aromatic heterocycles. The van der Waals surface area contributed by atoms with E-state index in [1.54, 1.807) is 19.9 Å². The summed E-state index contributed by atoms with van der Waals surface area (Å²) in [7, 11) is 2.80. The van der Waals surface area contributed by atoms with Crippen LogP contribution in [0.15, 0.2) is 12.1 Å². The summed E-state index contributed by atoms with van der Waals surface area (Å²) < 4.78 is 43.5. The number of hydrogen-bond donors (Lipinski definition) is 1. The Balaban J connectivity index is 3.26. The summed E-state index contributed by atoms with van der Waals surface area (Å²) in [5, 5.41) is 2.30. The van der Waals surface area contributed by atoms with Crippen LogP contribution >= 0.6 is 0 Å². The predicted octanol–water partition coefficient (Wildman–Crippen LogP) is 3.13. The summed E-state index contributed by atoms with van der Waals surface area (Å²) >= 11 is 0. The maximum atomic E-state index is 12.8. The minimum atomic E-state index is -4.31. The van der Waals surface area contributed by atoms with Crippen molar-refractivity contribution in [3.63, 3.8) is 0 Å². The van der Waals surface area contributed by atoms with Gasteiger partial charge in [0.15, 0.2) is 0 Å². The first kappa shape index (κ1) is 13.8. The zero-order valence-corrected chi connectivity index (χ0v) is 10.3. The molecule has 0 amide bonds. The Morgan fingerprint density at radius 1 is 1.18 bits per heavy atom. The monoisotopic (exact) mass is 247 g/mol. The summed E-state index contributed by atoms with van der Waals surface area (Å²) in [5.74, 6) is 0.600. The molecule has 1 N–H and O–H groups in total. The number of rotatable bonds is 3. The summed E-state index contributed by atoms with van der Waals surface area (Å²) in [4.78, 5) is 0. The van der Waals surface area contributed by atoms with E-state index in [0.717, 1.165) is 0 Å². The number of nitrogens with one attached hydrogen (secondary N) is 1. The van der Waals surface area contributed by atoms with Crippen LogP contribution in [0.25, 0.3) is 0 Å². The van der Waals surface area contributed by atoms with Gasteiger partial charge in [-0.15, -0.1) is 0 Å². The Morgan fingerprint density at radius 3 is 2.18 bits per heavy atom. The van der Waals surface area contributed by atoms with Gasteiger partial charge in [-0.1, -0.05) is 6.07 Å². The van der Waals surface area contributed by atoms with E-state index >= 15 is 0 Å². The Hall–Kier alpha value is -1.23. The van der Waals surface area contributed by atoms with Crippen molar-refractivity contribution in [1.29, 1.82) is 0 Å². The number of aryl methyl sites for hydroxylation is 2. The molecule has 1 atom stereocenters. The number of benzene rings is 1. The Bertz CT molecular complexity index is 401. The molecule has 5 heteroatoms. The van der Waals surface area contributed by atoms with Crippen LogP contribution in [0.1, 0.15) is 22.7 Å². The van der Waals surface area contributed by atoms with Crippen LogP contribution in [0.5, 0.6) is 5.75 Å². The number of methoxy groups -OCH3 is 1. The Labute approximate surface area is 98.8 Å².